The second kappa shape index (κ2) is 5.27. The Morgan fingerprint density at radius 2 is 2.00 bits per heavy atom. The van der Waals surface area contributed by atoms with Crippen LogP contribution in [-0.4, -0.2) is 39.4 Å². The van der Waals surface area contributed by atoms with Crippen molar-refractivity contribution < 1.29 is 24.5 Å². The van der Waals surface area contributed by atoms with Crippen molar-refractivity contribution in [1.82, 2.24) is 4.90 Å². The van der Waals surface area contributed by atoms with Crippen molar-refractivity contribution in [1.29, 1.82) is 0 Å². The van der Waals surface area contributed by atoms with Gasteiger partial charge in [-0.2, -0.15) is 0 Å². The first-order valence-electron chi connectivity index (χ1n) is 5.98. The molecule has 0 aromatic heterocycles. The van der Waals surface area contributed by atoms with Gasteiger partial charge in [0.15, 0.2) is 0 Å². The van der Waals surface area contributed by atoms with Crippen molar-refractivity contribution in [2.45, 2.75) is 25.2 Å². The molecule has 1 aliphatic rings. The summed E-state index contributed by atoms with van der Waals surface area (Å²) in [5, 5.41) is 19.1. The Hall–Kier alpha value is -2.08. The van der Waals surface area contributed by atoms with Crippen molar-refractivity contribution in [3.63, 3.8) is 0 Å². The summed E-state index contributed by atoms with van der Waals surface area (Å²) in [6.45, 7) is 0.141. The molecule has 19 heavy (non-hydrogen) atoms. The van der Waals surface area contributed by atoms with E-state index in [0.29, 0.717) is 6.42 Å². The molecule has 1 heterocycles. The average Bonchev–Trinajstić information content (AvgIpc) is 2.81. The highest BCUT2D eigenvalue weighted by Gasteiger charge is 2.50. The number of ether oxygens (including phenoxy) is 1. The van der Waals surface area contributed by atoms with Gasteiger partial charge in [-0.15, -0.1) is 0 Å². The molecular formula is C13H15NO5. The lowest BCUT2D eigenvalue weighted by atomic mass is 10.1. The third-order valence-electron chi connectivity index (χ3n) is 3.12. The number of benzene rings is 1. The summed E-state index contributed by atoms with van der Waals surface area (Å²) in [7, 11) is 0. The maximum Gasteiger partial charge on any atom is 0.410 e. The number of likely N-dealkylation sites (tertiary alicyclic amines) is 1. The number of amides is 1. The molecule has 102 valence electrons. The summed E-state index contributed by atoms with van der Waals surface area (Å²) in [6.07, 6.45) is -0.826. The van der Waals surface area contributed by atoms with E-state index in [4.69, 9.17) is 9.84 Å². The fourth-order valence-electron chi connectivity index (χ4n) is 2.11. The van der Waals surface area contributed by atoms with Crippen molar-refractivity contribution in [2.75, 3.05) is 6.54 Å². The molecule has 1 unspecified atom stereocenters. The highest BCUT2D eigenvalue weighted by Crippen LogP contribution is 2.28. The number of carbonyl (C=O) groups is 2. The summed E-state index contributed by atoms with van der Waals surface area (Å²) < 4.78 is 5.00. The number of rotatable bonds is 3. The van der Waals surface area contributed by atoms with Gasteiger partial charge in [-0.1, -0.05) is 30.3 Å². The van der Waals surface area contributed by atoms with E-state index in [9.17, 15) is 14.7 Å². The zero-order valence-electron chi connectivity index (χ0n) is 10.3. The number of nitrogens with zero attached hydrogens (tertiary/aromatic N) is 1. The molecule has 0 aliphatic carbocycles. The van der Waals surface area contributed by atoms with Crippen LogP contribution in [0.4, 0.5) is 4.79 Å². The first-order chi connectivity index (χ1) is 9.04. The molecule has 1 saturated heterocycles. The second-order valence-corrected chi connectivity index (χ2v) is 4.42. The minimum Gasteiger partial charge on any atom is -0.465 e. The van der Waals surface area contributed by atoms with Crippen molar-refractivity contribution in [3.05, 3.63) is 35.9 Å². The predicted molar refractivity (Wildman–Crippen MR) is 65.2 cm³/mol. The lowest BCUT2D eigenvalue weighted by molar-refractivity contribution is -0.181. The van der Waals surface area contributed by atoms with Gasteiger partial charge in [0.25, 0.3) is 0 Å². The van der Waals surface area contributed by atoms with E-state index in [1.165, 1.54) is 0 Å². The summed E-state index contributed by atoms with van der Waals surface area (Å²) in [4.78, 5) is 23.6. The monoisotopic (exact) mass is 265 g/mol. The molecule has 6 nitrogen and oxygen atoms in total. The Morgan fingerprint density at radius 1 is 1.32 bits per heavy atom. The van der Waals surface area contributed by atoms with Gasteiger partial charge in [-0.25, -0.2) is 9.59 Å². The minimum atomic E-state index is -2.05. The van der Waals surface area contributed by atoms with Crippen LogP contribution in [0.25, 0.3) is 0 Å². The Morgan fingerprint density at radius 3 is 2.63 bits per heavy atom. The number of hydrogen-bond donors (Lipinski definition) is 2. The Labute approximate surface area is 110 Å². The number of carbonyl (C=O) groups excluding carboxylic acids is 1. The van der Waals surface area contributed by atoms with Crippen LogP contribution in [-0.2, 0) is 16.1 Å². The fraction of sp³-hybridized carbons (Fsp3) is 0.385. The molecule has 1 fully saturated rings. The smallest absolute Gasteiger partial charge is 0.410 e. The van der Waals surface area contributed by atoms with E-state index in [1.807, 2.05) is 6.07 Å². The van der Waals surface area contributed by atoms with Gasteiger partial charge in [0.05, 0.1) is 0 Å². The van der Waals surface area contributed by atoms with Crippen LogP contribution in [0.1, 0.15) is 18.4 Å². The average molecular weight is 265 g/mol. The Kier molecular flexibility index (Phi) is 3.71. The first-order valence-corrected chi connectivity index (χ1v) is 5.98. The number of esters is 1. The van der Waals surface area contributed by atoms with E-state index in [0.717, 1.165) is 10.5 Å². The molecule has 1 atom stereocenters. The lowest BCUT2D eigenvalue weighted by Gasteiger charge is -2.28. The molecule has 0 radical (unpaired) electrons. The van der Waals surface area contributed by atoms with Gasteiger partial charge >= 0.3 is 12.1 Å². The molecule has 1 aromatic rings. The van der Waals surface area contributed by atoms with E-state index in [1.54, 1.807) is 24.3 Å². The molecule has 1 amide bonds. The summed E-state index contributed by atoms with van der Waals surface area (Å²) in [6, 6.07) is 9.00. The number of carboxylic acid groups (broad SMARTS) is 1. The highest BCUT2D eigenvalue weighted by molar-refractivity contribution is 5.84. The summed E-state index contributed by atoms with van der Waals surface area (Å²) >= 11 is 0. The molecule has 2 N–H and O–H groups in total. The van der Waals surface area contributed by atoms with E-state index in [2.05, 4.69) is 0 Å². The maximum atomic E-state index is 11.9. The topological polar surface area (TPSA) is 87.1 Å². The zero-order valence-corrected chi connectivity index (χ0v) is 10.3. The standard InChI is InChI=1S/C13H15NO5/c15-11(19-9-10-5-2-1-3-6-10)13(18)7-4-8-14(13)12(16)17/h1-3,5-6,18H,4,7-9H2,(H,16,17). The zero-order chi connectivity index (χ0) is 13.9. The molecule has 1 aliphatic heterocycles. The fourth-order valence-corrected chi connectivity index (χ4v) is 2.11. The van der Waals surface area contributed by atoms with E-state index >= 15 is 0 Å². The number of aliphatic hydroxyl groups is 1. The first kappa shape index (κ1) is 13.4. The van der Waals surface area contributed by atoms with Crippen molar-refractivity contribution >= 4 is 12.1 Å². The Balaban J connectivity index is 2.01. The van der Waals surface area contributed by atoms with Crippen LogP contribution in [0, 0.1) is 0 Å². The summed E-state index contributed by atoms with van der Waals surface area (Å²) in [5.74, 6) is -0.920. The normalized spacial score (nSPS) is 22.3. The van der Waals surface area contributed by atoms with E-state index in [-0.39, 0.29) is 19.6 Å². The maximum absolute atomic E-state index is 11.9. The molecule has 0 spiro atoms. The van der Waals surface area contributed by atoms with Crippen LogP contribution < -0.4 is 0 Å². The molecular weight excluding hydrogens is 250 g/mol. The Bertz CT molecular complexity index is 475. The molecule has 2 rings (SSSR count). The van der Waals surface area contributed by atoms with Gasteiger partial charge in [-0.05, 0) is 12.0 Å². The third-order valence-corrected chi connectivity index (χ3v) is 3.12. The van der Waals surface area contributed by atoms with Gasteiger partial charge < -0.3 is 14.9 Å². The van der Waals surface area contributed by atoms with Crippen LogP contribution in [0.5, 0.6) is 0 Å². The second-order valence-electron chi connectivity index (χ2n) is 4.42. The SMILES string of the molecule is O=C(O)N1CCCC1(O)C(=O)OCc1ccccc1. The summed E-state index contributed by atoms with van der Waals surface area (Å²) in [5.41, 5.74) is -1.28. The highest BCUT2D eigenvalue weighted by atomic mass is 16.6. The van der Waals surface area contributed by atoms with Gasteiger partial charge in [0.1, 0.15) is 6.61 Å². The molecule has 0 bridgehead atoms. The molecule has 1 aromatic carbocycles. The molecule has 0 saturated carbocycles. The third kappa shape index (κ3) is 2.68. The van der Waals surface area contributed by atoms with Crippen LogP contribution in [0.3, 0.4) is 0 Å². The van der Waals surface area contributed by atoms with Crippen LogP contribution in [0.15, 0.2) is 30.3 Å². The van der Waals surface area contributed by atoms with E-state index < -0.39 is 17.8 Å². The quantitative estimate of drug-likeness (QED) is 0.802. The van der Waals surface area contributed by atoms with Gasteiger partial charge in [0, 0.05) is 13.0 Å². The minimum absolute atomic E-state index is 0.00937. The van der Waals surface area contributed by atoms with Gasteiger partial charge in [0.2, 0.25) is 5.72 Å². The van der Waals surface area contributed by atoms with Crippen molar-refractivity contribution in [3.8, 4) is 0 Å². The van der Waals surface area contributed by atoms with Crippen LogP contribution >= 0.6 is 0 Å². The number of hydrogen-bond acceptors (Lipinski definition) is 4. The predicted octanol–water partition coefficient (Wildman–Crippen LogP) is 1.19. The largest absolute Gasteiger partial charge is 0.465 e. The molecule has 6 heteroatoms. The van der Waals surface area contributed by atoms with Crippen molar-refractivity contribution in [2.24, 2.45) is 0 Å². The van der Waals surface area contributed by atoms with Gasteiger partial charge in [-0.3, -0.25) is 4.90 Å². The van der Waals surface area contributed by atoms with Crippen LogP contribution in [0.2, 0.25) is 0 Å². The lowest BCUT2D eigenvalue weighted by Crippen LogP contribution is -2.53.